The van der Waals surface area contributed by atoms with Gasteiger partial charge in [0, 0.05) is 4.47 Å². The Kier molecular flexibility index (Phi) is 3.60. The van der Waals surface area contributed by atoms with Crippen molar-refractivity contribution in [2.45, 2.75) is 11.8 Å². The van der Waals surface area contributed by atoms with Crippen molar-refractivity contribution in [2.75, 3.05) is 4.72 Å². The quantitative estimate of drug-likeness (QED) is 0.917. The number of nitrogens with zero attached hydrogens (tertiary/aromatic N) is 2. The molecule has 0 atom stereocenters. The Morgan fingerprint density at radius 3 is 2.72 bits per heavy atom. The molecule has 0 aliphatic carbocycles. The molecule has 1 aromatic carbocycles. The van der Waals surface area contributed by atoms with Gasteiger partial charge in [0.15, 0.2) is 5.82 Å². The van der Waals surface area contributed by atoms with Crippen LogP contribution in [-0.2, 0) is 10.0 Å². The Labute approximate surface area is 117 Å². The summed E-state index contributed by atoms with van der Waals surface area (Å²) >= 11 is 9.06. The van der Waals surface area contributed by atoms with Crippen LogP contribution in [0.5, 0.6) is 0 Å². The van der Waals surface area contributed by atoms with Crippen molar-refractivity contribution in [3.63, 3.8) is 0 Å². The Bertz CT molecular complexity index is 686. The molecule has 18 heavy (non-hydrogen) atoms. The third-order valence-corrected chi connectivity index (χ3v) is 4.23. The van der Waals surface area contributed by atoms with E-state index in [4.69, 9.17) is 11.6 Å². The maximum atomic E-state index is 12.0. The Morgan fingerprint density at radius 1 is 1.44 bits per heavy atom. The third-order valence-electron chi connectivity index (χ3n) is 1.93. The molecule has 6 nitrogen and oxygen atoms in total. The highest BCUT2D eigenvalue weighted by Crippen LogP contribution is 2.26. The van der Waals surface area contributed by atoms with Crippen molar-refractivity contribution in [3.8, 4) is 0 Å². The summed E-state index contributed by atoms with van der Waals surface area (Å²) in [5.74, 6) is 0.328. The van der Waals surface area contributed by atoms with Crippen LogP contribution in [0.3, 0.4) is 0 Å². The minimum atomic E-state index is -3.85. The van der Waals surface area contributed by atoms with E-state index in [1.54, 1.807) is 13.0 Å². The minimum Gasteiger partial charge on any atom is -0.314 e. The molecule has 1 aromatic heterocycles. The monoisotopic (exact) mass is 351 g/mol. The molecule has 0 saturated heterocycles. The molecule has 0 amide bonds. The van der Waals surface area contributed by atoms with Crippen LogP contribution in [0.15, 0.2) is 32.1 Å². The van der Waals surface area contributed by atoms with Gasteiger partial charge in [-0.25, -0.2) is 13.1 Å². The molecular weight excluding hydrogens is 346 g/mol. The number of hydrogen-bond acceptors (Lipinski definition) is 5. The fourth-order valence-electron chi connectivity index (χ4n) is 1.20. The van der Waals surface area contributed by atoms with Crippen molar-refractivity contribution >= 4 is 43.6 Å². The molecule has 0 aliphatic heterocycles. The summed E-state index contributed by atoms with van der Waals surface area (Å²) < 4.78 is 31.5. The van der Waals surface area contributed by atoms with Crippen LogP contribution in [0.4, 0.5) is 6.01 Å². The van der Waals surface area contributed by atoms with Gasteiger partial charge < -0.3 is 4.52 Å². The summed E-state index contributed by atoms with van der Waals surface area (Å²) in [6.45, 7) is 1.58. The van der Waals surface area contributed by atoms with Gasteiger partial charge in [-0.05, 0) is 25.1 Å². The summed E-state index contributed by atoms with van der Waals surface area (Å²) in [5, 5.41) is 3.57. The lowest BCUT2D eigenvalue weighted by Crippen LogP contribution is -2.13. The van der Waals surface area contributed by atoms with Gasteiger partial charge in [0.1, 0.15) is 4.90 Å². The lowest BCUT2D eigenvalue weighted by Gasteiger charge is -2.06. The molecule has 96 valence electrons. The molecule has 0 saturated carbocycles. The van der Waals surface area contributed by atoms with Crippen LogP contribution in [0.25, 0.3) is 0 Å². The highest BCUT2D eigenvalue weighted by molar-refractivity contribution is 9.10. The van der Waals surface area contributed by atoms with E-state index in [0.717, 1.165) is 0 Å². The third kappa shape index (κ3) is 2.82. The van der Waals surface area contributed by atoms with Crippen LogP contribution in [0.2, 0.25) is 5.02 Å². The maximum Gasteiger partial charge on any atom is 0.335 e. The summed E-state index contributed by atoms with van der Waals surface area (Å²) in [4.78, 5) is 3.68. The normalized spacial score (nSPS) is 11.5. The maximum absolute atomic E-state index is 12.0. The number of aromatic nitrogens is 2. The van der Waals surface area contributed by atoms with Gasteiger partial charge >= 0.3 is 6.01 Å². The fourth-order valence-corrected chi connectivity index (χ4v) is 3.17. The summed E-state index contributed by atoms with van der Waals surface area (Å²) in [6, 6.07) is 4.22. The smallest absolute Gasteiger partial charge is 0.314 e. The van der Waals surface area contributed by atoms with Gasteiger partial charge in [0.2, 0.25) is 0 Å². The van der Waals surface area contributed by atoms with Crippen LogP contribution >= 0.6 is 27.5 Å². The number of hydrogen-bond donors (Lipinski definition) is 1. The summed E-state index contributed by atoms with van der Waals surface area (Å²) in [7, 11) is -3.85. The SMILES string of the molecule is Cc1noc(NS(=O)(=O)c2ccc(Br)cc2Cl)n1. The first-order chi connectivity index (χ1) is 8.38. The van der Waals surface area contributed by atoms with Gasteiger partial charge in [0.25, 0.3) is 10.0 Å². The lowest BCUT2D eigenvalue weighted by atomic mass is 10.4. The van der Waals surface area contributed by atoms with Gasteiger partial charge in [-0.15, -0.1) is 0 Å². The van der Waals surface area contributed by atoms with E-state index < -0.39 is 10.0 Å². The van der Waals surface area contributed by atoms with Crippen molar-refractivity contribution < 1.29 is 12.9 Å². The Hall–Kier alpha value is -1.12. The van der Waals surface area contributed by atoms with E-state index in [9.17, 15) is 8.42 Å². The van der Waals surface area contributed by atoms with Crippen molar-refractivity contribution in [2.24, 2.45) is 0 Å². The zero-order valence-corrected chi connectivity index (χ0v) is 12.2. The molecule has 0 aliphatic rings. The second kappa shape index (κ2) is 4.87. The van der Waals surface area contributed by atoms with Gasteiger partial charge in [-0.3, -0.25) is 0 Å². The summed E-state index contributed by atoms with van der Waals surface area (Å²) in [6.07, 6.45) is 0. The number of rotatable bonds is 3. The second-order valence-electron chi connectivity index (χ2n) is 3.33. The standard InChI is InChI=1S/C9H7BrClN3O3S/c1-5-12-9(17-13-5)14-18(15,16)8-3-2-6(10)4-7(8)11/h2-4H,1H3,(H,12,13,14). The van der Waals surface area contributed by atoms with Crippen LogP contribution in [0.1, 0.15) is 5.82 Å². The van der Waals surface area contributed by atoms with E-state index >= 15 is 0 Å². The minimum absolute atomic E-state index is 0.0665. The molecule has 0 unspecified atom stereocenters. The summed E-state index contributed by atoms with van der Waals surface area (Å²) in [5.41, 5.74) is 0. The molecule has 0 fully saturated rings. The Balaban J connectivity index is 2.36. The van der Waals surface area contributed by atoms with Gasteiger partial charge in [0.05, 0.1) is 5.02 Å². The molecule has 9 heteroatoms. The molecule has 2 rings (SSSR count). The topological polar surface area (TPSA) is 85.1 Å². The van der Waals surface area contributed by atoms with E-state index in [2.05, 4.69) is 35.3 Å². The number of benzene rings is 1. The second-order valence-corrected chi connectivity index (χ2v) is 6.30. The molecule has 1 N–H and O–H groups in total. The number of aryl methyl sites for hydroxylation is 1. The van der Waals surface area contributed by atoms with Crippen molar-refractivity contribution in [1.82, 2.24) is 10.1 Å². The predicted octanol–water partition coefficient (Wildman–Crippen LogP) is 2.59. The van der Waals surface area contributed by atoms with Crippen molar-refractivity contribution in [3.05, 3.63) is 33.5 Å². The molecule has 0 spiro atoms. The average Bonchev–Trinajstić information content (AvgIpc) is 2.62. The van der Waals surface area contributed by atoms with E-state index in [1.807, 2.05) is 0 Å². The van der Waals surface area contributed by atoms with E-state index in [-0.39, 0.29) is 15.9 Å². The van der Waals surface area contributed by atoms with Crippen LogP contribution in [-0.4, -0.2) is 18.6 Å². The fraction of sp³-hybridized carbons (Fsp3) is 0.111. The Morgan fingerprint density at radius 2 is 2.17 bits per heavy atom. The highest BCUT2D eigenvalue weighted by Gasteiger charge is 2.20. The molecular formula is C9H7BrClN3O3S. The zero-order chi connectivity index (χ0) is 13.3. The van der Waals surface area contributed by atoms with E-state index in [0.29, 0.717) is 10.3 Å². The number of sulfonamides is 1. The molecule has 0 radical (unpaired) electrons. The first-order valence-electron chi connectivity index (χ1n) is 4.67. The number of halogens is 2. The van der Waals surface area contributed by atoms with Gasteiger partial charge in [-0.1, -0.05) is 32.7 Å². The number of anilines is 1. The highest BCUT2D eigenvalue weighted by atomic mass is 79.9. The zero-order valence-electron chi connectivity index (χ0n) is 9.02. The first-order valence-corrected chi connectivity index (χ1v) is 7.32. The van der Waals surface area contributed by atoms with Crippen LogP contribution < -0.4 is 4.72 Å². The molecule has 2 aromatic rings. The van der Waals surface area contributed by atoms with Gasteiger partial charge in [-0.2, -0.15) is 4.98 Å². The molecule has 0 bridgehead atoms. The predicted molar refractivity (Wildman–Crippen MR) is 69.0 cm³/mol. The van der Waals surface area contributed by atoms with Crippen LogP contribution in [0, 0.1) is 6.92 Å². The first kappa shape index (κ1) is 13.3. The average molecular weight is 353 g/mol. The largest absolute Gasteiger partial charge is 0.335 e. The van der Waals surface area contributed by atoms with Crippen molar-refractivity contribution in [1.29, 1.82) is 0 Å². The molecule has 1 heterocycles. The number of nitrogens with one attached hydrogen (secondary N) is 1. The lowest BCUT2D eigenvalue weighted by molar-refractivity contribution is 0.429. The van der Waals surface area contributed by atoms with E-state index in [1.165, 1.54) is 12.1 Å².